The third-order valence-corrected chi connectivity index (χ3v) is 6.27. The van der Waals surface area contributed by atoms with Crippen LogP contribution in [0.2, 0.25) is 0 Å². The van der Waals surface area contributed by atoms with E-state index in [0.29, 0.717) is 24.9 Å². The van der Waals surface area contributed by atoms with Crippen molar-refractivity contribution in [3.63, 3.8) is 0 Å². The first-order chi connectivity index (χ1) is 18.9. The Morgan fingerprint density at radius 3 is 2.64 bits per heavy atom. The number of methoxy groups -OCH3 is 2. The summed E-state index contributed by atoms with van der Waals surface area (Å²) in [7, 11) is 5.22. The normalized spacial score (nSPS) is 13.1. The van der Waals surface area contributed by atoms with E-state index in [1.165, 1.54) is 0 Å². The van der Waals surface area contributed by atoms with Crippen LogP contribution in [0.25, 0.3) is 0 Å². The predicted octanol–water partition coefficient (Wildman–Crippen LogP) is 4.59. The molecule has 0 spiro atoms. The molecule has 0 radical (unpaired) electrons. The summed E-state index contributed by atoms with van der Waals surface area (Å²) in [4.78, 5) is 27.0. The molecule has 39 heavy (non-hydrogen) atoms. The molecule has 2 amide bonds. The van der Waals surface area contributed by atoms with E-state index < -0.39 is 0 Å². The van der Waals surface area contributed by atoms with E-state index in [1.807, 2.05) is 62.5 Å². The monoisotopic (exact) mass is 531 g/mol. The second-order valence-corrected chi connectivity index (χ2v) is 9.06. The summed E-state index contributed by atoms with van der Waals surface area (Å²) >= 11 is 0. The number of allylic oxidation sites excluding steroid dienone is 3. The molecule has 2 N–H and O–H groups in total. The minimum Gasteiger partial charge on any atom is -0.497 e. The number of rotatable bonds is 13. The third-order valence-electron chi connectivity index (χ3n) is 6.27. The molecule has 2 aromatic rings. The molecule has 9 heteroatoms. The number of carbonyl (C=O) groups excluding carboxylic acids is 2. The number of benzene rings is 2. The number of amides is 2. The first kappa shape index (κ1) is 29.2. The summed E-state index contributed by atoms with van der Waals surface area (Å²) in [5.41, 5.74) is 9.62. The van der Waals surface area contributed by atoms with E-state index >= 15 is 0 Å². The van der Waals surface area contributed by atoms with E-state index in [0.717, 1.165) is 53.2 Å². The van der Waals surface area contributed by atoms with Crippen molar-refractivity contribution in [2.24, 2.45) is 10.2 Å². The van der Waals surface area contributed by atoms with Gasteiger partial charge in [0.25, 0.3) is 5.91 Å². The van der Waals surface area contributed by atoms with Crippen LogP contribution in [0, 0.1) is 0 Å². The maximum atomic E-state index is 12.6. The topological polar surface area (TPSA) is 105 Å². The minimum atomic E-state index is -0.284. The Balaban J connectivity index is 1.48. The van der Waals surface area contributed by atoms with Gasteiger partial charge in [-0.25, -0.2) is 10.9 Å². The molecule has 0 aromatic heterocycles. The Hall–Kier alpha value is -4.40. The van der Waals surface area contributed by atoms with Crippen LogP contribution >= 0.6 is 0 Å². The minimum absolute atomic E-state index is 0.129. The van der Waals surface area contributed by atoms with Crippen LogP contribution < -0.4 is 20.5 Å². The van der Waals surface area contributed by atoms with E-state index in [9.17, 15) is 9.59 Å². The predicted molar refractivity (Wildman–Crippen MR) is 155 cm³/mol. The maximum Gasteiger partial charge on any atom is 0.271 e. The molecule has 1 aliphatic carbocycles. The average Bonchev–Trinajstić information content (AvgIpc) is 2.96. The van der Waals surface area contributed by atoms with Crippen molar-refractivity contribution in [2.75, 3.05) is 32.7 Å². The molecular weight excluding hydrogens is 494 g/mol. The van der Waals surface area contributed by atoms with Gasteiger partial charge in [-0.1, -0.05) is 19.1 Å². The largest absolute Gasteiger partial charge is 0.497 e. The SMILES string of the molecule is CCc1cc(C(=O)N/N=C/c2cccc(OC)c2)ccc1N(C)CCCC(=O)N/N=C/C1=CC(OC)=CCC1. The molecule has 2 aromatic carbocycles. The van der Waals surface area contributed by atoms with Crippen LogP contribution in [0.3, 0.4) is 0 Å². The highest BCUT2D eigenvalue weighted by Crippen LogP contribution is 2.22. The molecule has 0 aliphatic heterocycles. The summed E-state index contributed by atoms with van der Waals surface area (Å²) in [5, 5.41) is 8.15. The molecule has 206 valence electrons. The lowest BCUT2D eigenvalue weighted by molar-refractivity contribution is -0.121. The van der Waals surface area contributed by atoms with Gasteiger partial charge in [0.05, 0.1) is 26.6 Å². The summed E-state index contributed by atoms with van der Waals surface area (Å²) < 4.78 is 10.4. The van der Waals surface area contributed by atoms with Crippen LogP contribution in [0.15, 0.2) is 76.2 Å². The van der Waals surface area contributed by atoms with Crippen molar-refractivity contribution in [1.82, 2.24) is 10.9 Å². The van der Waals surface area contributed by atoms with Gasteiger partial charge in [0, 0.05) is 31.3 Å². The number of carbonyl (C=O) groups is 2. The lowest BCUT2D eigenvalue weighted by Crippen LogP contribution is -2.24. The molecule has 1 aliphatic rings. The standard InChI is InChI=1S/C30H37N5O4/c1-5-24-19-25(30(37)34-32-21-23-10-7-12-27(18-23)39-4)14-15-28(24)35(2)16-8-13-29(36)33-31-20-22-9-6-11-26(17-22)38-3/h7,10-12,14-15,17-21H,5-6,8-9,13,16H2,1-4H3,(H,33,36)(H,34,37)/b31-20+,32-21+. The first-order valence-electron chi connectivity index (χ1n) is 13.0. The Kier molecular flexibility index (Phi) is 11.3. The quantitative estimate of drug-likeness (QED) is 0.291. The number of ether oxygens (including phenoxy) is 2. The van der Waals surface area contributed by atoms with Crippen molar-refractivity contribution in [3.8, 4) is 5.75 Å². The summed E-state index contributed by atoms with van der Waals surface area (Å²) in [6.07, 6.45) is 10.7. The molecule has 0 saturated carbocycles. The second kappa shape index (κ2) is 15.1. The summed E-state index contributed by atoms with van der Waals surface area (Å²) in [5.74, 6) is 1.12. The van der Waals surface area contributed by atoms with Gasteiger partial charge in [-0.2, -0.15) is 10.2 Å². The molecule has 3 rings (SSSR count). The summed E-state index contributed by atoms with van der Waals surface area (Å²) in [6, 6.07) is 13.0. The van der Waals surface area contributed by atoms with Crippen molar-refractivity contribution in [3.05, 3.63) is 82.6 Å². The maximum absolute atomic E-state index is 12.6. The molecule has 0 atom stereocenters. The van der Waals surface area contributed by atoms with Crippen molar-refractivity contribution < 1.29 is 19.1 Å². The number of hydrogen-bond acceptors (Lipinski definition) is 7. The fourth-order valence-electron chi connectivity index (χ4n) is 4.11. The van der Waals surface area contributed by atoms with Gasteiger partial charge in [0.1, 0.15) is 11.5 Å². The van der Waals surface area contributed by atoms with Crippen LogP contribution in [-0.4, -0.2) is 52.1 Å². The van der Waals surface area contributed by atoms with Gasteiger partial charge in [-0.15, -0.1) is 0 Å². The van der Waals surface area contributed by atoms with Crippen LogP contribution in [-0.2, 0) is 16.0 Å². The lowest BCUT2D eigenvalue weighted by Gasteiger charge is -2.22. The van der Waals surface area contributed by atoms with E-state index in [1.54, 1.807) is 32.7 Å². The van der Waals surface area contributed by atoms with Crippen LogP contribution in [0.1, 0.15) is 54.1 Å². The van der Waals surface area contributed by atoms with Crippen molar-refractivity contribution in [1.29, 1.82) is 0 Å². The molecular formula is C30H37N5O4. The number of aryl methyl sites for hydroxylation is 1. The lowest BCUT2D eigenvalue weighted by atomic mass is 10.0. The number of nitrogens with one attached hydrogen (secondary N) is 2. The van der Waals surface area contributed by atoms with Crippen LogP contribution in [0.5, 0.6) is 5.75 Å². The molecule has 0 unspecified atom stereocenters. The van der Waals surface area contributed by atoms with Crippen molar-refractivity contribution >= 4 is 29.9 Å². The van der Waals surface area contributed by atoms with Gasteiger partial charge >= 0.3 is 0 Å². The van der Waals surface area contributed by atoms with E-state index in [4.69, 9.17) is 9.47 Å². The van der Waals surface area contributed by atoms with Gasteiger partial charge in [0.15, 0.2) is 0 Å². The zero-order valence-corrected chi connectivity index (χ0v) is 23.1. The zero-order chi connectivity index (χ0) is 28.0. The number of hydrogen-bond donors (Lipinski definition) is 2. The zero-order valence-electron chi connectivity index (χ0n) is 23.1. The van der Waals surface area contributed by atoms with Crippen LogP contribution in [0.4, 0.5) is 5.69 Å². The highest BCUT2D eigenvalue weighted by atomic mass is 16.5. The number of anilines is 1. The Morgan fingerprint density at radius 2 is 1.87 bits per heavy atom. The van der Waals surface area contributed by atoms with E-state index in [-0.39, 0.29) is 11.8 Å². The van der Waals surface area contributed by atoms with Gasteiger partial charge in [-0.05, 0) is 84.9 Å². The fourth-order valence-corrected chi connectivity index (χ4v) is 4.11. The highest BCUT2D eigenvalue weighted by molar-refractivity contribution is 5.95. The second-order valence-electron chi connectivity index (χ2n) is 9.06. The molecule has 9 nitrogen and oxygen atoms in total. The molecule has 0 heterocycles. The van der Waals surface area contributed by atoms with Gasteiger partial charge in [-0.3, -0.25) is 9.59 Å². The smallest absolute Gasteiger partial charge is 0.271 e. The average molecular weight is 532 g/mol. The Bertz CT molecular complexity index is 1270. The van der Waals surface area contributed by atoms with Crippen molar-refractivity contribution in [2.45, 2.75) is 39.0 Å². The van der Waals surface area contributed by atoms with E-state index in [2.05, 4.69) is 26.0 Å². The highest BCUT2D eigenvalue weighted by Gasteiger charge is 2.12. The van der Waals surface area contributed by atoms with Gasteiger partial charge in [0.2, 0.25) is 5.91 Å². The molecule has 0 saturated heterocycles. The summed E-state index contributed by atoms with van der Waals surface area (Å²) in [6.45, 7) is 2.74. The molecule has 0 fully saturated rings. The Labute approximate surface area is 230 Å². The Morgan fingerprint density at radius 1 is 1.05 bits per heavy atom. The number of nitrogens with zero attached hydrogens (tertiary/aromatic N) is 3. The first-order valence-corrected chi connectivity index (χ1v) is 13.0. The fraction of sp³-hybridized carbons (Fsp3) is 0.333. The molecule has 0 bridgehead atoms. The third kappa shape index (κ3) is 9.14. The van der Waals surface area contributed by atoms with Gasteiger partial charge < -0.3 is 14.4 Å². The number of hydrazone groups is 2.